The van der Waals surface area contributed by atoms with Crippen LogP contribution >= 0.6 is 46.9 Å². The Hall–Kier alpha value is -0.750. The van der Waals surface area contributed by atoms with Crippen LogP contribution in [0.2, 0.25) is 4.34 Å². The maximum absolute atomic E-state index is 6.00. The first-order valence-corrected chi connectivity index (χ1v) is 9.19. The van der Waals surface area contributed by atoms with Crippen LogP contribution in [0.3, 0.4) is 0 Å². The van der Waals surface area contributed by atoms with Gasteiger partial charge in [-0.25, -0.2) is 0 Å². The van der Waals surface area contributed by atoms with Crippen LogP contribution < -0.4 is 11.1 Å². The first-order chi connectivity index (χ1) is 10.0. The number of nitrogens with two attached hydrogens (primary N) is 1. The lowest BCUT2D eigenvalue weighted by Crippen LogP contribution is -2.16. The Morgan fingerprint density at radius 3 is 2.76 bits per heavy atom. The number of thiocarbonyl (C=S) groups is 1. The standard InChI is InChI=1S/C15H17ClN2S3/c1-3-20-12-6-4-5-10(14(12)15(17)19)18-9(2)11-7-8-13(16)21-11/h4-9,18H,3H2,1-2H3,(H2,17,19). The maximum Gasteiger partial charge on any atom is 0.107 e. The summed E-state index contributed by atoms with van der Waals surface area (Å²) in [7, 11) is 0. The molecule has 2 nitrogen and oxygen atoms in total. The number of hydrogen-bond acceptors (Lipinski definition) is 4. The summed E-state index contributed by atoms with van der Waals surface area (Å²) in [6, 6.07) is 10.2. The topological polar surface area (TPSA) is 38.0 Å². The van der Waals surface area contributed by atoms with E-state index < -0.39 is 0 Å². The third-order valence-electron chi connectivity index (χ3n) is 2.97. The van der Waals surface area contributed by atoms with Gasteiger partial charge >= 0.3 is 0 Å². The smallest absolute Gasteiger partial charge is 0.107 e. The number of nitrogens with one attached hydrogen (secondary N) is 1. The Balaban J connectivity index is 2.30. The molecule has 0 radical (unpaired) electrons. The molecule has 1 heterocycles. The fraction of sp³-hybridized carbons (Fsp3) is 0.267. The predicted molar refractivity (Wildman–Crippen MR) is 100 cm³/mol. The van der Waals surface area contributed by atoms with Crippen molar-refractivity contribution in [1.29, 1.82) is 0 Å². The molecule has 0 amide bonds. The van der Waals surface area contributed by atoms with Crippen LogP contribution in [0.25, 0.3) is 0 Å². The van der Waals surface area contributed by atoms with E-state index >= 15 is 0 Å². The van der Waals surface area contributed by atoms with Gasteiger partial charge in [-0.1, -0.05) is 36.8 Å². The van der Waals surface area contributed by atoms with Crippen LogP contribution in [0.1, 0.15) is 30.3 Å². The summed E-state index contributed by atoms with van der Waals surface area (Å²) >= 11 is 14.6. The van der Waals surface area contributed by atoms with Crippen LogP contribution in [0.15, 0.2) is 35.2 Å². The van der Waals surface area contributed by atoms with Crippen molar-refractivity contribution in [3.05, 3.63) is 45.1 Å². The van der Waals surface area contributed by atoms with Gasteiger partial charge in [0.1, 0.15) is 4.99 Å². The second-order valence-corrected chi connectivity index (χ2v) is 7.98. The van der Waals surface area contributed by atoms with E-state index in [2.05, 4.69) is 25.2 Å². The van der Waals surface area contributed by atoms with Crippen molar-refractivity contribution >= 4 is 57.6 Å². The number of halogens is 1. The van der Waals surface area contributed by atoms with Crippen molar-refractivity contribution in [2.45, 2.75) is 24.8 Å². The molecule has 3 N–H and O–H groups in total. The molecule has 0 saturated carbocycles. The molecule has 0 spiro atoms. The molecule has 0 aliphatic carbocycles. The molecule has 21 heavy (non-hydrogen) atoms. The average Bonchev–Trinajstić information content (AvgIpc) is 2.86. The summed E-state index contributed by atoms with van der Waals surface area (Å²) in [5, 5.41) is 3.49. The molecule has 2 rings (SSSR count). The maximum atomic E-state index is 6.00. The van der Waals surface area contributed by atoms with E-state index in [4.69, 9.17) is 29.6 Å². The monoisotopic (exact) mass is 356 g/mol. The summed E-state index contributed by atoms with van der Waals surface area (Å²) < 4.78 is 0.795. The van der Waals surface area contributed by atoms with Crippen molar-refractivity contribution in [1.82, 2.24) is 0 Å². The molecule has 0 aliphatic rings. The molecule has 0 fully saturated rings. The molecular formula is C15H17ClN2S3. The zero-order chi connectivity index (χ0) is 15.4. The van der Waals surface area contributed by atoms with Gasteiger partial charge in [-0.15, -0.1) is 23.1 Å². The largest absolute Gasteiger partial charge is 0.389 e. The number of anilines is 1. The molecule has 2 aromatic rings. The third-order valence-corrected chi connectivity index (χ3v) is 5.52. The van der Waals surface area contributed by atoms with E-state index in [9.17, 15) is 0 Å². The highest BCUT2D eigenvalue weighted by Gasteiger charge is 2.14. The van der Waals surface area contributed by atoms with Gasteiger partial charge in [-0.05, 0) is 36.9 Å². The van der Waals surface area contributed by atoms with Gasteiger partial charge in [-0.2, -0.15) is 0 Å². The fourth-order valence-corrected chi connectivity index (χ4v) is 4.24. The highest BCUT2D eigenvalue weighted by atomic mass is 35.5. The molecule has 1 unspecified atom stereocenters. The second kappa shape index (κ2) is 7.49. The molecule has 0 aliphatic heterocycles. The molecule has 1 atom stereocenters. The molecule has 0 bridgehead atoms. The van der Waals surface area contributed by atoms with Gasteiger partial charge in [0.15, 0.2) is 0 Å². The van der Waals surface area contributed by atoms with Crippen molar-refractivity contribution in [2.24, 2.45) is 5.73 Å². The predicted octanol–water partition coefficient (Wildman–Crippen LogP) is 5.32. The zero-order valence-electron chi connectivity index (χ0n) is 11.9. The molecule has 112 valence electrons. The van der Waals surface area contributed by atoms with E-state index in [1.54, 1.807) is 23.1 Å². The Morgan fingerprint density at radius 2 is 2.19 bits per heavy atom. The van der Waals surface area contributed by atoms with Gasteiger partial charge in [0, 0.05) is 21.0 Å². The van der Waals surface area contributed by atoms with Crippen LogP contribution in [0, 0.1) is 0 Å². The van der Waals surface area contributed by atoms with Crippen LogP contribution in [0.5, 0.6) is 0 Å². The van der Waals surface area contributed by atoms with Gasteiger partial charge < -0.3 is 11.1 Å². The first kappa shape index (κ1) is 16.6. The van der Waals surface area contributed by atoms with Gasteiger partial charge in [0.2, 0.25) is 0 Å². The number of rotatable bonds is 6. The third kappa shape index (κ3) is 4.13. The van der Waals surface area contributed by atoms with E-state index in [-0.39, 0.29) is 6.04 Å². The Bertz CT molecular complexity index is 640. The van der Waals surface area contributed by atoms with Crippen LogP contribution in [0.4, 0.5) is 5.69 Å². The van der Waals surface area contributed by atoms with Gasteiger partial charge in [-0.3, -0.25) is 0 Å². The molecule has 1 aromatic heterocycles. The Kier molecular flexibility index (Phi) is 5.93. The summed E-state index contributed by atoms with van der Waals surface area (Å²) in [6.45, 7) is 4.22. The molecular weight excluding hydrogens is 340 g/mol. The van der Waals surface area contributed by atoms with Crippen molar-refractivity contribution in [2.75, 3.05) is 11.1 Å². The highest BCUT2D eigenvalue weighted by Crippen LogP contribution is 2.33. The summed E-state index contributed by atoms with van der Waals surface area (Å²) in [4.78, 5) is 2.72. The van der Waals surface area contributed by atoms with E-state index in [1.165, 1.54) is 4.88 Å². The molecule has 1 aromatic carbocycles. The minimum atomic E-state index is 0.150. The van der Waals surface area contributed by atoms with Gasteiger partial charge in [0.25, 0.3) is 0 Å². The first-order valence-electron chi connectivity index (χ1n) is 6.60. The van der Waals surface area contributed by atoms with Crippen LogP contribution in [-0.4, -0.2) is 10.7 Å². The van der Waals surface area contributed by atoms with E-state index in [0.717, 1.165) is 26.2 Å². The van der Waals surface area contributed by atoms with Crippen LogP contribution in [-0.2, 0) is 0 Å². The number of thioether (sulfide) groups is 1. The Labute approximate surface area is 144 Å². The minimum absolute atomic E-state index is 0.150. The number of benzene rings is 1. The quantitative estimate of drug-likeness (QED) is 0.542. The minimum Gasteiger partial charge on any atom is -0.389 e. The summed E-state index contributed by atoms with van der Waals surface area (Å²) in [6.07, 6.45) is 0. The van der Waals surface area contributed by atoms with E-state index in [0.29, 0.717) is 4.99 Å². The van der Waals surface area contributed by atoms with Crippen molar-refractivity contribution in [3.63, 3.8) is 0 Å². The molecule has 0 saturated heterocycles. The normalized spacial score (nSPS) is 12.1. The average molecular weight is 357 g/mol. The van der Waals surface area contributed by atoms with Crippen molar-refractivity contribution < 1.29 is 0 Å². The molecule has 6 heteroatoms. The summed E-state index contributed by atoms with van der Waals surface area (Å²) in [5.41, 5.74) is 7.82. The highest BCUT2D eigenvalue weighted by molar-refractivity contribution is 7.99. The van der Waals surface area contributed by atoms with Crippen molar-refractivity contribution in [3.8, 4) is 0 Å². The lowest BCUT2D eigenvalue weighted by Gasteiger charge is -2.18. The lowest BCUT2D eigenvalue weighted by atomic mass is 10.1. The van der Waals surface area contributed by atoms with E-state index in [1.807, 2.05) is 24.3 Å². The van der Waals surface area contributed by atoms with Gasteiger partial charge in [0.05, 0.1) is 10.4 Å². The second-order valence-electron chi connectivity index (χ2n) is 4.48. The lowest BCUT2D eigenvalue weighted by molar-refractivity contribution is 0.906. The Morgan fingerprint density at radius 1 is 1.43 bits per heavy atom. The number of hydrogen-bond donors (Lipinski definition) is 2. The fourth-order valence-electron chi connectivity index (χ4n) is 2.05. The SMILES string of the molecule is CCSc1cccc(NC(C)c2ccc(Cl)s2)c1C(N)=S. The summed E-state index contributed by atoms with van der Waals surface area (Å²) in [5.74, 6) is 0.981. The number of thiophene rings is 1. The zero-order valence-corrected chi connectivity index (χ0v) is 15.1.